The van der Waals surface area contributed by atoms with Crippen LogP contribution < -0.4 is 4.74 Å². The summed E-state index contributed by atoms with van der Waals surface area (Å²) in [6, 6.07) is 3.21. The minimum atomic E-state index is -1.63. The molecular weight excluding hydrogens is 530 g/mol. The number of nitrogens with zero attached hydrogens (tertiary/aromatic N) is 1. The number of hydrogen-bond acceptors (Lipinski definition) is 9. The molecule has 222 valence electrons. The van der Waals surface area contributed by atoms with Crippen molar-refractivity contribution in [2.45, 2.75) is 99.9 Å². The van der Waals surface area contributed by atoms with Crippen molar-refractivity contribution in [1.29, 1.82) is 0 Å². The summed E-state index contributed by atoms with van der Waals surface area (Å²) in [6.07, 6.45) is 6.92. The molecule has 1 saturated heterocycles. The number of hydrogen-bond donors (Lipinski definition) is 3. The molecular formula is C31H39NO9. The molecule has 4 aliphatic rings. The van der Waals surface area contributed by atoms with Gasteiger partial charge in [0.05, 0.1) is 17.4 Å². The van der Waals surface area contributed by atoms with Crippen LogP contribution in [0.1, 0.15) is 75.3 Å². The quantitative estimate of drug-likeness (QED) is 0.183. The zero-order valence-corrected chi connectivity index (χ0v) is 23.5. The second-order valence-electron chi connectivity index (χ2n) is 11.7. The predicted molar refractivity (Wildman–Crippen MR) is 147 cm³/mol. The number of likely N-dealkylation sites (N-methyl/N-ethyl adjacent to an activating group) is 1. The van der Waals surface area contributed by atoms with E-state index >= 15 is 0 Å². The van der Waals surface area contributed by atoms with Gasteiger partial charge < -0.3 is 34.4 Å². The first-order valence-electron chi connectivity index (χ1n) is 14.5. The Morgan fingerprint density at radius 2 is 1.98 bits per heavy atom. The van der Waals surface area contributed by atoms with Crippen LogP contribution in [-0.2, 0) is 35.7 Å². The molecule has 1 fully saturated rings. The molecule has 41 heavy (non-hydrogen) atoms. The molecule has 2 aliphatic heterocycles. The number of aromatic hydroxyl groups is 1. The van der Waals surface area contributed by atoms with Gasteiger partial charge in [-0.1, -0.05) is 31.4 Å². The lowest BCUT2D eigenvalue weighted by Gasteiger charge is -2.61. The SMILES string of the molecule is C=CCCCCCCCC(=O)O[C@@H](CC(=O)O)C(=O)OC1=CC[C@@]2(O)[C@H]3Cc4ccc(O)c5c4C2(CCN3C)C1O5. The van der Waals surface area contributed by atoms with Gasteiger partial charge in [-0.25, -0.2) is 4.79 Å². The first-order chi connectivity index (χ1) is 19.6. The van der Waals surface area contributed by atoms with E-state index in [4.69, 9.17) is 14.2 Å². The number of phenols is 1. The lowest BCUT2D eigenvalue weighted by Crippen LogP contribution is -2.74. The Bertz CT molecular complexity index is 1260. The highest BCUT2D eigenvalue weighted by atomic mass is 16.6. The van der Waals surface area contributed by atoms with Crippen LogP contribution in [-0.4, -0.2) is 75.6 Å². The van der Waals surface area contributed by atoms with Crippen molar-refractivity contribution < 1.29 is 43.9 Å². The Kier molecular flexibility index (Phi) is 8.16. The molecule has 5 rings (SSSR count). The molecule has 2 aliphatic carbocycles. The topological polar surface area (TPSA) is 143 Å². The van der Waals surface area contributed by atoms with E-state index in [1.807, 2.05) is 19.2 Å². The number of rotatable bonds is 13. The molecule has 0 aromatic heterocycles. The maximum absolute atomic E-state index is 13.3. The molecule has 0 radical (unpaired) electrons. The first kappa shape index (κ1) is 29.1. The number of esters is 2. The van der Waals surface area contributed by atoms with Crippen LogP contribution in [0.4, 0.5) is 0 Å². The van der Waals surface area contributed by atoms with Crippen molar-refractivity contribution in [1.82, 2.24) is 4.90 Å². The van der Waals surface area contributed by atoms with E-state index in [1.54, 1.807) is 12.1 Å². The highest BCUT2D eigenvalue weighted by Crippen LogP contribution is 2.65. The minimum Gasteiger partial charge on any atom is -0.504 e. The van der Waals surface area contributed by atoms with E-state index in [1.165, 1.54) is 0 Å². The average Bonchev–Trinajstić information content (AvgIpc) is 3.29. The molecule has 0 saturated carbocycles. The fourth-order valence-corrected chi connectivity index (χ4v) is 7.26. The van der Waals surface area contributed by atoms with E-state index in [0.717, 1.165) is 43.2 Å². The number of carboxylic acids is 1. The average molecular weight is 570 g/mol. The third-order valence-corrected chi connectivity index (χ3v) is 9.26. The maximum Gasteiger partial charge on any atom is 0.353 e. The van der Waals surface area contributed by atoms with Crippen LogP contribution in [0, 0.1) is 0 Å². The number of carboxylic acid groups (broad SMARTS) is 1. The number of phenolic OH excluding ortho intramolecular Hbond substituents is 1. The van der Waals surface area contributed by atoms with Gasteiger partial charge in [-0.15, -0.1) is 6.58 Å². The number of carbonyl (C=O) groups is 3. The van der Waals surface area contributed by atoms with Gasteiger partial charge in [-0.05, 0) is 63.4 Å². The number of likely N-dealkylation sites (tertiary alicyclic amines) is 1. The van der Waals surface area contributed by atoms with Crippen LogP contribution in [0.3, 0.4) is 0 Å². The van der Waals surface area contributed by atoms with Crippen molar-refractivity contribution in [3.8, 4) is 11.5 Å². The van der Waals surface area contributed by atoms with Crippen LogP contribution in [0.25, 0.3) is 0 Å². The summed E-state index contributed by atoms with van der Waals surface area (Å²) < 4.78 is 17.3. The summed E-state index contributed by atoms with van der Waals surface area (Å²) in [5, 5.41) is 32.3. The van der Waals surface area contributed by atoms with Gasteiger partial charge in [-0.3, -0.25) is 9.59 Å². The third kappa shape index (κ3) is 5.01. The molecule has 1 aromatic rings. The summed E-state index contributed by atoms with van der Waals surface area (Å²) in [6.45, 7) is 4.36. The number of piperidine rings is 1. The van der Waals surface area contributed by atoms with E-state index in [2.05, 4.69) is 11.5 Å². The molecule has 3 N–H and O–H groups in total. The van der Waals surface area contributed by atoms with E-state index in [-0.39, 0.29) is 36.1 Å². The minimum absolute atomic E-state index is 0.0590. The second kappa shape index (κ2) is 11.5. The number of aliphatic hydroxyl groups is 1. The second-order valence-corrected chi connectivity index (χ2v) is 11.7. The lowest BCUT2D eigenvalue weighted by atomic mass is 9.50. The van der Waals surface area contributed by atoms with Gasteiger partial charge >= 0.3 is 17.9 Å². The summed E-state index contributed by atoms with van der Waals surface area (Å²) in [5.41, 5.74) is -0.479. The molecule has 10 heteroatoms. The fourth-order valence-electron chi connectivity index (χ4n) is 7.26. The summed E-state index contributed by atoms with van der Waals surface area (Å²) >= 11 is 0. The van der Waals surface area contributed by atoms with Gasteiger partial charge in [0, 0.05) is 24.4 Å². The zero-order chi connectivity index (χ0) is 29.4. The summed E-state index contributed by atoms with van der Waals surface area (Å²) in [5.74, 6) is -2.64. The number of unbranched alkanes of at least 4 members (excludes halogenated alkanes) is 5. The number of aliphatic carboxylic acids is 1. The van der Waals surface area contributed by atoms with Crippen molar-refractivity contribution in [2.24, 2.45) is 0 Å². The largest absolute Gasteiger partial charge is 0.504 e. The molecule has 2 bridgehead atoms. The highest BCUT2D eigenvalue weighted by Gasteiger charge is 2.72. The number of allylic oxidation sites excluding steroid dienone is 1. The van der Waals surface area contributed by atoms with Crippen molar-refractivity contribution in [3.05, 3.63) is 47.7 Å². The monoisotopic (exact) mass is 569 g/mol. The number of benzene rings is 1. The first-order valence-corrected chi connectivity index (χ1v) is 14.5. The summed E-state index contributed by atoms with van der Waals surface area (Å²) in [4.78, 5) is 39.4. The smallest absolute Gasteiger partial charge is 0.353 e. The van der Waals surface area contributed by atoms with Crippen LogP contribution >= 0.6 is 0 Å². The van der Waals surface area contributed by atoms with Gasteiger partial charge in [0.15, 0.2) is 17.6 Å². The Morgan fingerprint density at radius 1 is 1.22 bits per heavy atom. The van der Waals surface area contributed by atoms with Gasteiger partial charge in [0.2, 0.25) is 6.10 Å². The lowest BCUT2D eigenvalue weighted by molar-refractivity contribution is -0.177. The molecule has 2 unspecified atom stereocenters. The van der Waals surface area contributed by atoms with Crippen molar-refractivity contribution in [2.75, 3.05) is 13.6 Å². The highest BCUT2D eigenvalue weighted by molar-refractivity contribution is 5.84. The van der Waals surface area contributed by atoms with E-state index < -0.39 is 47.6 Å². The zero-order valence-electron chi connectivity index (χ0n) is 23.5. The van der Waals surface area contributed by atoms with Crippen molar-refractivity contribution >= 4 is 17.9 Å². The molecule has 2 heterocycles. The molecule has 1 aromatic carbocycles. The van der Waals surface area contributed by atoms with E-state index in [9.17, 15) is 29.7 Å². The van der Waals surface area contributed by atoms with Crippen molar-refractivity contribution in [3.63, 3.8) is 0 Å². The molecule has 10 nitrogen and oxygen atoms in total. The molecule has 5 atom stereocenters. The van der Waals surface area contributed by atoms with Crippen LogP contribution in [0.15, 0.2) is 36.6 Å². The Labute approximate surface area is 239 Å². The maximum atomic E-state index is 13.3. The predicted octanol–water partition coefficient (Wildman–Crippen LogP) is 3.52. The van der Waals surface area contributed by atoms with Gasteiger partial charge in [0.25, 0.3) is 0 Å². The Balaban J connectivity index is 1.31. The summed E-state index contributed by atoms with van der Waals surface area (Å²) in [7, 11) is 1.97. The Hall–Kier alpha value is -3.37. The van der Waals surface area contributed by atoms with Gasteiger partial charge in [-0.2, -0.15) is 0 Å². The van der Waals surface area contributed by atoms with Crippen LogP contribution in [0.5, 0.6) is 11.5 Å². The standard InChI is InChI=1S/C31H39NO9/c1-3-4-5-6-7-8-9-10-25(36)39-22(18-24(34)35)29(37)40-21-13-14-31(38)23-17-19-11-12-20(33)27-26(19)30(31,28(21)41-27)15-16-32(23)2/h3,11-13,22-23,28,33,38H,1,4-10,14-18H2,2H3,(H,34,35)/t22-,23+,28?,30?,31+/m0/s1. The fraction of sp³-hybridized carbons (Fsp3) is 0.581. The van der Waals surface area contributed by atoms with Crippen LogP contribution in [0.2, 0.25) is 0 Å². The molecule has 1 spiro atoms. The number of carbonyl (C=O) groups excluding carboxylic acids is 2. The molecule has 0 amide bonds. The van der Waals surface area contributed by atoms with E-state index in [0.29, 0.717) is 25.8 Å². The Morgan fingerprint density at radius 3 is 2.73 bits per heavy atom. The van der Waals surface area contributed by atoms with Gasteiger partial charge in [0.1, 0.15) is 5.76 Å². The number of ether oxygens (including phenoxy) is 3. The third-order valence-electron chi connectivity index (χ3n) is 9.26. The normalized spacial score (nSPS) is 28.1.